The van der Waals surface area contributed by atoms with Gasteiger partial charge in [-0.3, -0.25) is 9.59 Å². The van der Waals surface area contributed by atoms with Crippen LogP contribution in [0.15, 0.2) is 94.1 Å². The van der Waals surface area contributed by atoms with Crippen LogP contribution in [0.3, 0.4) is 0 Å². The fourth-order valence-corrected chi connectivity index (χ4v) is 4.70. The largest absolute Gasteiger partial charge is 0.311 e. The first-order valence-corrected chi connectivity index (χ1v) is 14.5. The number of imidazole rings is 2. The molecule has 0 aliphatic heterocycles. The Kier molecular flexibility index (Phi) is 9.49. The minimum atomic E-state index is 0.536. The molecule has 4 heterocycles. The van der Waals surface area contributed by atoms with Gasteiger partial charge in [0, 0.05) is 7.05 Å². The van der Waals surface area contributed by atoms with E-state index in [0.717, 1.165) is 17.5 Å². The number of nitrogens with one attached hydrogen (secondary N) is 1. The molecule has 6 aromatic rings. The summed E-state index contributed by atoms with van der Waals surface area (Å²) < 4.78 is 4.57. The van der Waals surface area contributed by atoms with Gasteiger partial charge in [-0.05, 0) is 79.4 Å². The van der Waals surface area contributed by atoms with Gasteiger partial charge in [0.05, 0.1) is 0 Å². The van der Waals surface area contributed by atoms with Gasteiger partial charge in [0.25, 0.3) is 0 Å². The van der Waals surface area contributed by atoms with Gasteiger partial charge in [-0.25, -0.2) is 9.97 Å². The van der Waals surface area contributed by atoms with E-state index in [-0.39, 0.29) is 0 Å². The van der Waals surface area contributed by atoms with E-state index < -0.39 is 0 Å². The van der Waals surface area contributed by atoms with Crippen molar-refractivity contribution in [3.8, 4) is 0 Å². The SMILES string of the molecule is CN(C=O)c1c(/C=C/c2ccccc2)nc2ccc(Br)nn12.O=CNc1c(/C=C/c2ccccc2)nc2ccc(Br)nn12. The van der Waals surface area contributed by atoms with Gasteiger partial charge in [-0.1, -0.05) is 72.8 Å². The molecular formula is C31H24Br2N8O2. The Balaban J connectivity index is 0.000000171. The van der Waals surface area contributed by atoms with Crippen molar-refractivity contribution in [2.24, 2.45) is 0 Å². The second-order valence-corrected chi connectivity index (χ2v) is 10.6. The third-order valence-corrected chi connectivity index (χ3v) is 6.92. The Labute approximate surface area is 263 Å². The molecule has 10 nitrogen and oxygen atoms in total. The standard InChI is InChI=1S/C16H13BrN4O.C15H11BrN4O/c1-20(11-22)16-13(8-7-12-5-3-2-4-6-12)18-15-10-9-14(17)19-21(15)16;16-13-8-9-14-18-12(15(17-10-21)20(14)19-13)7-6-11-4-2-1-3-5-11/h2-11H,1H3;1-10H,(H,17,21)/b8-7+;7-6+. The Morgan fingerprint density at radius 3 is 1.74 bits per heavy atom. The predicted molar refractivity (Wildman–Crippen MR) is 176 cm³/mol. The van der Waals surface area contributed by atoms with Crippen LogP contribution in [-0.4, -0.2) is 49.1 Å². The lowest BCUT2D eigenvalue weighted by Crippen LogP contribution is -2.17. The second-order valence-electron chi connectivity index (χ2n) is 8.98. The lowest BCUT2D eigenvalue weighted by Gasteiger charge is -2.10. The van der Waals surface area contributed by atoms with E-state index in [2.05, 4.69) is 57.3 Å². The molecule has 0 spiro atoms. The molecule has 2 amide bonds. The third kappa shape index (κ3) is 7.11. The quantitative estimate of drug-likeness (QED) is 0.182. The van der Waals surface area contributed by atoms with Crippen LogP contribution in [0.1, 0.15) is 22.5 Å². The maximum Gasteiger partial charge on any atom is 0.215 e. The second kappa shape index (κ2) is 13.8. The van der Waals surface area contributed by atoms with Crippen LogP contribution in [0.4, 0.5) is 11.6 Å². The summed E-state index contributed by atoms with van der Waals surface area (Å²) in [7, 11) is 1.68. The topological polar surface area (TPSA) is 110 Å². The van der Waals surface area contributed by atoms with Gasteiger partial charge in [-0.15, -0.1) is 0 Å². The first kappa shape index (κ1) is 29.5. The number of amides is 2. The monoisotopic (exact) mass is 698 g/mol. The first-order valence-electron chi connectivity index (χ1n) is 12.9. The highest BCUT2D eigenvalue weighted by molar-refractivity contribution is 9.10. The molecule has 0 fully saturated rings. The van der Waals surface area contributed by atoms with E-state index in [0.29, 0.717) is 49.9 Å². The van der Waals surface area contributed by atoms with Crippen molar-refractivity contribution < 1.29 is 9.59 Å². The molecule has 1 N–H and O–H groups in total. The van der Waals surface area contributed by atoms with Crippen LogP contribution in [0.25, 0.3) is 35.6 Å². The van der Waals surface area contributed by atoms with Gasteiger partial charge < -0.3 is 10.2 Å². The number of carbonyl (C=O) groups is 2. The molecule has 0 aliphatic rings. The maximum atomic E-state index is 11.2. The van der Waals surface area contributed by atoms with Crippen molar-refractivity contribution in [1.29, 1.82) is 0 Å². The minimum absolute atomic E-state index is 0.536. The highest BCUT2D eigenvalue weighted by Gasteiger charge is 2.15. The highest BCUT2D eigenvalue weighted by atomic mass is 79.9. The number of aromatic nitrogens is 6. The van der Waals surface area contributed by atoms with E-state index in [4.69, 9.17) is 0 Å². The van der Waals surface area contributed by atoms with E-state index in [9.17, 15) is 9.59 Å². The summed E-state index contributed by atoms with van der Waals surface area (Å²) in [6, 6.07) is 27.1. The molecule has 4 aromatic heterocycles. The van der Waals surface area contributed by atoms with Gasteiger partial charge in [0.1, 0.15) is 20.6 Å². The van der Waals surface area contributed by atoms with Crippen LogP contribution in [0.2, 0.25) is 0 Å². The van der Waals surface area contributed by atoms with Crippen molar-refractivity contribution in [2.75, 3.05) is 17.3 Å². The lowest BCUT2D eigenvalue weighted by molar-refractivity contribution is -0.107. The molecule has 6 rings (SSSR count). The number of hydrogen-bond acceptors (Lipinski definition) is 6. The van der Waals surface area contributed by atoms with Crippen molar-refractivity contribution >= 4 is 91.9 Å². The van der Waals surface area contributed by atoms with Crippen LogP contribution >= 0.6 is 31.9 Å². The molecule has 214 valence electrons. The number of anilines is 2. The molecule has 0 unspecified atom stereocenters. The number of halogens is 2. The average Bonchev–Trinajstić information content (AvgIpc) is 3.57. The Hall–Kier alpha value is -4.94. The van der Waals surface area contributed by atoms with Crippen LogP contribution in [-0.2, 0) is 9.59 Å². The van der Waals surface area contributed by atoms with Gasteiger partial charge in [-0.2, -0.15) is 19.2 Å². The van der Waals surface area contributed by atoms with Crippen molar-refractivity contribution in [3.05, 3.63) is 117 Å². The van der Waals surface area contributed by atoms with Crippen molar-refractivity contribution in [3.63, 3.8) is 0 Å². The number of rotatable bonds is 8. The summed E-state index contributed by atoms with van der Waals surface area (Å²) in [6.07, 6.45) is 8.99. The van der Waals surface area contributed by atoms with Gasteiger partial charge in [0.15, 0.2) is 22.9 Å². The summed E-state index contributed by atoms with van der Waals surface area (Å²) in [5.74, 6) is 1.16. The molecule has 0 atom stereocenters. The Bertz CT molecular complexity index is 1940. The third-order valence-electron chi connectivity index (χ3n) is 6.07. The fraction of sp³-hybridized carbons (Fsp3) is 0.0323. The van der Waals surface area contributed by atoms with E-state index >= 15 is 0 Å². The number of fused-ring (bicyclic) bond motifs is 2. The molecule has 0 aliphatic carbocycles. The van der Waals surface area contributed by atoms with Crippen LogP contribution < -0.4 is 10.2 Å². The fourth-order valence-electron chi connectivity index (χ4n) is 4.12. The summed E-state index contributed by atoms with van der Waals surface area (Å²) in [6.45, 7) is 0. The molecule has 0 radical (unpaired) electrons. The summed E-state index contributed by atoms with van der Waals surface area (Å²) >= 11 is 6.65. The van der Waals surface area contributed by atoms with Crippen LogP contribution in [0.5, 0.6) is 0 Å². The number of nitrogens with zero attached hydrogens (tertiary/aromatic N) is 7. The van der Waals surface area contributed by atoms with E-state index in [1.807, 2.05) is 103 Å². The van der Waals surface area contributed by atoms with E-state index in [1.54, 1.807) is 22.1 Å². The first-order chi connectivity index (χ1) is 21.0. The zero-order valence-corrected chi connectivity index (χ0v) is 25.9. The van der Waals surface area contributed by atoms with Crippen molar-refractivity contribution in [2.45, 2.75) is 0 Å². The molecule has 0 saturated heterocycles. The summed E-state index contributed by atoms with van der Waals surface area (Å²) in [5.41, 5.74) is 4.80. The molecule has 0 bridgehead atoms. The maximum absolute atomic E-state index is 11.2. The predicted octanol–water partition coefficient (Wildman–Crippen LogP) is 6.49. The number of carbonyl (C=O) groups excluding carboxylic acids is 2. The molecule has 2 aromatic carbocycles. The summed E-state index contributed by atoms with van der Waals surface area (Å²) in [5, 5.41) is 11.3. The molecule has 0 saturated carbocycles. The number of benzene rings is 2. The molecular weight excluding hydrogens is 676 g/mol. The Morgan fingerprint density at radius 2 is 1.19 bits per heavy atom. The van der Waals surface area contributed by atoms with Gasteiger partial charge >= 0.3 is 0 Å². The molecule has 43 heavy (non-hydrogen) atoms. The lowest BCUT2D eigenvalue weighted by atomic mass is 10.2. The Morgan fingerprint density at radius 1 is 0.674 bits per heavy atom. The highest BCUT2D eigenvalue weighted by Crippen LogP contribution is 2.24. The van der Waals surface area contributed by atoms with Crippen molar-refractivity contribution in [1.82, 2.24) is 29.2 Å². The zero-order valence-electron chi connectivity index (χ0n) is 22.7. The van der Waals surface area contributed by atoms with E-state index in [1.165, 1.54) is 4.90 Å². The van der Waals surface area contributed by atoms with Gasteiger partial charge in [0.2, 0.25) is 12.8 Å². The number of hydrogen-bond donors (Lipinski definition) is 1. The van der Waals surface area contributed by atoms with Crippen LogP contribution in [0, 0.1) is 0 Å². The minimum Gasteiger partial charge on any atom is -0.311 e. The smallest absolute Gasteiger partial charge is 0.215 e. The average molecular weight is 700 g/mol. The normalized spacial score (nSPS) is 11.1. The zero-order chi connectivity index (χ0) is 30.2. The summed E-state index contributed by atoms with van der Waals surface area (Å²) in [4.78, 5) is 32.4. The molecule has 12 heteroatoms.